The molecule has 29 heavy (non-hydrogen) atoms. The molecule has 3 aromatic rings. The molecule has 0 radical (unpaired) electrons. The van der Waals surface area contributed by atoms with Crippen LogP contribution < -0.4 is 10.6 Å². The molecule has 1 aromatic heterocycles. The van der Waals surface area contributed by atoms with Gasteiger partial charge >= 0.3 is 0 Å². The number of nitrogens with one attached hydrogen (secondary N) is 2. The molecule has 0 spiro atoms. The van der Waals surface area contributed by atoms with Crippen LogP contribution in [-0.4, -0.2) is 32.3 Å². The van der Waals surface area contributed by atoms with Gasteiger partial charge in [-0.05, 0) is 30.7 Å². The minimum atomic E-state index is -0.490. The number of aryl methyl sites for hydroxylation is 1. The third-order valence-electron chi connectivity index (χ3n) is 4.20. The van der Waals surface area contributed by atoms with E-state index in [4.69, 9.17) is 0 Å². The number of amides is 2. The van der Waals surface area contributed by atoms with Gasteiger partial charge in [0.05, 0.1) is 18.0 Å². The maximum atomic E-state index is 13.6. The highest BCUT2D eigenvalue weighted by Gasteiger charge is 2.14. The van der Waals surface area contributed by atoms with Gasteiger partial charge < -0.3 is 15.2 Å². The topological polar surface area (TPSA) is 88.9 Å². The molecule has 0 fully saturated rings. The summed E-state index contributed by atoms with van der Waals surface area (Å²) in [5, 5.41) is 14.0. The van der Waals surface area contributed by atoms with Crippen LogP contribution in [0.5, 0.6) is 0 Å². The van der Waals surface area contributed by atoms with E-state index in [0.717, 1.165) is 5.56 Å². The number of benzene rings is 2. The van der Waals surface area contributed by atoms with Crippen molar-refractivity contribution >= 4 is 29.3 Å². The predicted octanol–water partition coefficient (Wildman–Crippen LogP) is 2.92. The Bertz CT molecular complexity index is 1040. The molecule has 0 saturated heterocycles. The van der Waals surface area contributed by atoms with Crippen molar-refractivity contribution in [1.82, 2.24) is 20.1 Å². The van der Waals surface area contributed by atoms with Gasteiger partial charge in [0.2, 0.25) is 5.91 Å². The quantitative estimate of drug-likeness (QED) is 0.582. The van der Waals surface area contributed by atoms with E-state index >= 15 is 0 Å². The largest absolute Gasteiger partial charge is 0.345 e. The summed E-state index contributed by atoms with van der Waals surface area (Å²) in [6.07, 6.45) is 0. The van der Waals surface area contributed by atoms with Gasteiger partial charge in [0.25, 0.3) is 5.91 Å². The van der Waals surface area contributed by atoms with Crippen LogP contribution >= 0.6 is 11.8 Å². The molecule has 2 amide bonds. The lowest BCUT2D eigenvalue weighted by atomic mass is 10.1. The van der Waals surface area contributed by atoms with Gasteiger partial charge in [-0.15, -0.1) is 10.2 Å². The summed E-state index contributed by atoms with van der Waals surface area (Å²) in [4.78, 5) is 24.4. The third-order valence-corrected chi connectivity index (χ3v) is 5.22. The zero-order valence-corrected chi connectivity index (χ0v) is 16.8. The van der Waals surface area contributed by atoms with E-state index in [9.17, 15) is 14.0 Å². The first-order valence-electron chi connectivity index (χ1n) is 8.85. The first-order valence-corrected chi connectivity index (χ1v) is 9.83. The van der Waals surface area contributed by atoms with Crippen molar-refractivity contribution in [1.29, 1.82) is 0 Å². The Kier molecular flexibility index (Phi) is 6.61. The number of nitrogens with zero attached hydrogens (tertiary/aromatic N) is 3. The van der Waals surface area contributed by atoms with Crippen molar-refractivity contribution < 1.29 is 14.0 Å². The third kappa shape index (κ3) is 5.20. The molecule has 150 valence electrons. The normalized spacial score (nSPS) is 10.6. The summed E-state index contributed by atoms with van der Waals surface area (Å²) >= 11 is 1.18. The van der Waals surface area contributed by atoms with Crippen molar-refractivity contribution in [2.45, 2.75) is 18.6 Å². The van der Waals surface area contributed by atoms with E-state index < -0.39 is 5.82 Å². The standard InChI is InChI=1S/C20H20FN5O2S/c1-13-7-3-4-8-14(13)19(28)22-11-17-24-25-20(26(17)2)29-12-18(27)23-16-10-6-5-9-15(16)21/h3-10H,11-12H2,1-2H3,(H,22,28)(H,23,27). The average Bonchev–Trinajstić information content (AvgIpc) is 3.06. The van der Waals surface area contributed by atoms with E-state index in [-0.39, 0.29) is 29.8 Å². The van der Waals surface area contributed by atoms with Gasteiger partial charge in [-0.1, -0.05) is 42.1 Å². The molecule has 0 saturated carbocycles. The molecule has 2 aromatic carbocycles. The molecule has 0 unspecified atom stereocenters. The highest BCUT2D eigenvalue weighted by molar-refractivity contribution is 7.99. The molecular weight excluding hydrogens is 393 g/mol. The molecule has 0 aliphatic heterocycles. The number of thioether (sulfide) groups is 1. The van der Waals surface area contributed by atoms with Crippen molar-refractivity contribution in [2.75, 3.05) is 11.1 Å². The summed E-state index contributed by atoms with van der Waals surface area (Å²) in [5.74, 6) is -0.419. The molecule has 1 heterocycles. The second-order valence-electron chi connectivity index (χ2n) is 6.27. The summed E-state index contributed by atoms with van der Waals surface area (Å²) in [6, 6.07) is 13.3. The highest BCUT2D eigenvalue weighted by Crippen LogP contribution is 2.18. The Hall–Kier alpha value is -3.20. The maximum absolute atomic E-state index is 13.6. The minimum absolute atomic E-state index is 0.0515. The Morgan fingerprint density at radius 1 is 1.10 bits per heavy atom. The van der Waals surface area contributed by atoms with E-state index in [1.165, 1.54) is 23.9 Å². The van der Waals surface area contributed by atoms with Crippen molar-refractivity contribution in [3.05, 3.63) is 71.3 Å². The Morgan fingerprint density at radius 3 is 2.59 bits per heavy atom. The number of carbonyl (C=O) groups is 2. The fourth-order valence-corrected chi connectivity index (χ4v) is 3.32. The van der Waals surface area contributed by atoms with Crippen LogP contribution in [0, 0.1) is 12.7 Å². The molecule has 0 bridgehead atoms. The first kappa shape index (κ1) is 20.5. The van der Waals surface area contributed by atoms with Gasteiger partial charge in [0.15, 0.2) is 11.0 Å². The van der Waals surface area contributed by atoms with Gasteiger partial charge in [-0.2, -0.15) is 0 Å². The number of carbonyl (C=O) groups excluding carboxylic acids is 2. The average molecular weight is 413 g/mol. The van der Waals surface area contributed by atoms with Crippen LogP contribution in [0.1, 0.15) is 21.7 Å². The number of hydrogen-bond acceptors (Lipinski definition) is 5. The lowest BCUT2D eigenvalue weighted by Gasteiger charge is -2.08. The van der Waals surface area contributed by atoms with Crippen LogP contribution in [0.2, 0.25) is 0 Å². The second kappa shape index (κ2) is 9.33. The van der Waals surface area contributed by atoms with E-state index in [2.05, 4.69) is 20.8 Å². The molecule has 3 rings (SSSR count). The van der Waals surface area contributed by atoms with Crippen LogP contribution in [0.25, 0.3) is 0 Å². The van der Waals surface area contributed by atoms with Crippen molar-refractivity contribution in [3.8, 4) is 0 Å². The number of para-hydroxylation sites is 1. The van der Waals surface area contributed by atoms with Crippen LogP contribution in [0.4, 0.5) is 10.1 Å². The molecular formula is C20H20FN5O2S. The molecule has 2 N–H and O–H groups in total. The predicted molar refractivity (Wildman–Crippen MR) is 109 cm³/mol. The molecule has 0 atom stereocenters. The van der Waals surface area contributed by atoms with Gasteiger partial charge in [0, 0.05) is 12.6 Å². The Balaban J connectivity index is 1.54. The summed E-state index contributed by atoms with van der Waals surface area (Å²) in [7, 11) is 1.76. The van der Waals surface area contributed by atoms with Gasteiger partial charge in [-0.25, -0.2) is 4.39 Å². The SMILES string of the molecule is Cc1ccccc1C(=O)NCc1nnc(SCC(=O)Nc2ccccc2F)n1C. The lowest BCUT2D eigenvalue weighted by molar-refractivity contribution is -0.113. The second-order valence-corrected chi connectivity index (χ2v) is 7.21. The van der Waals surface area contributed by atoms with Gasteiger partial charge in [-0.3, -0.25) is 9.59 Å². The Morgan fingerprint density at radius 2 is 1.83 bits per heavy atom. The molecule has 7 nitrogen and oxygen atoms in total. The molecule has 0 aliphatic carbocycles. The van der Waals surface area contributed by atoms with Crippen molar-refractivity contribution in [2.24, 2.45) is 7.05 Å². The summed E-state index contributed by atoms with van der Waals surface area (Å²) in [6.45, 7) is 2.08. The van der Waals surface area contributed by atoms with Crippen LogP contribution in [0.3, 0.4) is 0 Å². The maximum Gasteiger partial charge on any atom is 0.251 e. The molecule has 0 aliphatic rings. The lowest BCUT2D eigenvalue weighted by Crippen LogP contribution is -2.25. The van der Waals surface area contributed by atoms with E-state index in [1.54, 1.807) is 29.8 Å². The fraction of sp³-hybridized carbons (Fsp3) is 0.200. The first-order chi connectivity index (χ1) is 14.0. The molecule has 9 heteroatoms. The van der Waals surface area contributed by atoms with E-state index in [1.807, 2.05) is 25.1 Å². The number of anilines is 1. The zero-order chi connectivity index (χ0) is 20.8. The smallest absolute Gasteiger partial charge is 0.251 e. The van der Waals surface area contributed by atoms with Crippen molar-refractivity contribution in [3.63, 3.8) is 0 Å². The number of halogens is 1. The summed E-state index contributed by atoms with van der Waals surface area (Å²) < 4.78 is 15.3. The zero-order valence-electron chi connectivity index (χ0n) is 16.0. The van der Waals surface area contributed by atoms with Crippen LogP contribution in [0.15, 0.2) is 53.7 Å². The van der Waals surface area contributed by atoms with E-state index in [0.29, 0.717) is 16.5 Å². The summed E-state index contributed by atoms with van der Waals surface area (Å²) in [5.41, 5.74) is 1.63. The Labute approximate surface area is 171 Å². The highest BCUT2D eigenvalue weighted by atomic mass is 32.2. The number of hydrogen-bond donors (Lipinski definition) is 2. The van der Waals surface area contributed by atoms with Gasteiger partial charge in [0.1, 0.15) is 5.82 Å². The number of rotatable bonds is 7. The monoisotopic (exact) mass is 413 g/mol. The minimum Gasteiger partial charge on any atom is -0.345 e. The van der Waals surface area contributed by atoms with Crippen LogP contribution in [-0.2, 0) is 18.4 Å². The number of aromatic nitrogens is 3. The fourth-order valence-electron chi connectivity index (χ4n) is 2.59.